The van der Waals surface area contributed by atoms with Gasteiger partial charge in [-0.3, -0.25) is 4.79 Å². The van der Waals surface area contributed by atoms with Crippen molar-refractivity contribution in [2.24, 2.45) is 0 Å². The standard InChI is InChI=1S/C12H13BrF3NO3/c13-8-1-2-9(10(7-8)12(14,15)16)11(19)17-3-5-20-6-4-18/h1-2,7,18H,3-6H2,(H,17,19). The van der Waals surface area contributed by atoms with Gasteiger partial charge in [-0.1, -0.05) is 15.9 Å². The molecule has 2 N–H and O–H groups in total. The summed E-state index contributed by atoms with van der Waals surface area (Å²) in [4.78, 5) is 11.7. The van der Waals surface area contributed by atoms with Crippen molar-refractivity contribution in [3.63, 3.8) is 0 Å². The third kappa shape index (κ3) is 5.10. The van der Waals surface area contributed by atoms with Crippen molar-refractivity contribution in [2.45, 2.75) is 6.18 Å². The fourth-order valence-electron chi connectivity index (χ4n) is 1.45. The summed E-state index contributed by atoms with van der Waals surface area (Å²) in [5.41, 5.74) is -1.44. The summed E-state index contributed by atoms with van der Waals surface area (Å²) in [7, 11) is 0. The Bertz CT molecular complexity index is 466. The summed E-state index contributed by atoms with van der Waals surface area (Å²) >= 11 is 2.94. The van der Waals surface area contributed by atoms with Crippen LogP contribution in [0, 0.1) is 0 Å². The molecule has 1 rings (SSSR count). The number of benzene rings is 1. The number of alkyl halides is 3. The summed E-state index contributed by atoms with van der Waals surface area (Å²) < 4.78 is 43.6. The Hall–Kier alpha value is -1.12. The minimum absolute atomic E-state index is 0.0617. The van der Waals surface area contributed by atoms with Crippen LogP contribution in [0.3, 0.4) is 0 Å². The summed E-state index contributed by atoms with van der Waals surface area (Å²) in [6.07, 6.45) is -4.61. The second-order valence-electron chi connectivity index (χ2n) is 3.78. The normalized spacial score (nSPS) is 11.4. The molecular formula is C12H13BrF3NO3. The topological polar surface area (TPSA) is 58.6 Å². The third-order valence-corrected chi connectivity index (χ3v) is 2.79. The maximum atomic E-state index is 12.8. The van der Waals surface area contributed by atoms with Gasteiger partial charge in [0.15, 0.2) is 0 Å². The molecule has 112 valence electrons. The monoisotopic (exact) mass is 355 g/mol. The van der Waals surface area contributed by atoms with Gasteiger partial charge in [0.05, 0.1) is 30.9 Å². The molecule has 1 amide bonds. The molecule has 0 fully saturated rings. The highest BCUT2D eigenvalue weighted by Gasteiger charge is 2.35. The Kier molecular flexibility index (Phi) is 6.44. The summed E-state index contributed by atoms with van der Waals surface area (Å²) in [6, 6.07) is 3.33. The zero-order valence-corrected chi connectivity index (χ0v) is 11.9. The number of nitrogens with one attached hydrogen (secondary N) is 1. The van der Waals surface area contributed by atoms with E-state index in [0.29, 0.717) is 0 Å². The average molecular weight is 356 g/mol. The molecule has 0 spiro atoms. The number of carbonyl (C=O) groups is 1. The smallest absolute Gasteiger partial charge is 0.394 e. The van der Waals surface area contributed by atoms with E-state index in [1.54, 1.807) is 0 Å². The highest BCUT2D eigenvalue weighted by molar-refractivity contribution is 9.10. The number of amides is 1. The first-order valence-corrected chi connectivity index (χ1v) is 6.49. The lowest BCUT2D eigenvalue weighted by Gasteiger charge is -2.13. The largest absolute Gasteiger partial charge is 0.417 e. The number of hydrogen-bond acceptors (Lipinski definition) is 3. The van der Waals surface area contributed by atoms with Crippen LogP contribution in [0.4, 0.5) is 13.2 Å². The van der Waals surface area contributed by atoms with Crippen LogP contribution in [-0.4, -0.2) is 37.4 Å². The van der Waals surface area contributed by atoms with Crippen LogP contribution >= 0.6 is 15.9 Å². The minimum atomic E-state index is -4.61. The fourth-order valence-corrected chi connectivity index (χ4v) is 1.81. The third-order valence-electron chi connectivity index (χ3n) is 2.30. The molecule has 0 aromatic heterocycles. The molecule has 0 atom stereocenters. The molecule has 0 aliphatic carbocycles. The fraction of sp³-hybridized carbons (Fsp3) is 0.417. The van der Waals surface area contributed by atoms with Crippen molar-refractivity contribution in [1.29, 1.82) is 0 Å². The summed E-state index contributed by atoms with van der Waals surface area (Å²) in [5, 5.41) is 10.8. The Morgan fingerprint density at radius 3 is 2.65 bits per heavy atom. The van der Waals surface area contributed by atoms with Crippen molar-refractivity contribution < 1.29 is 27.8 Å². The van der Waals surface area contributed by atoms with Crippen LogP contribution in [0.25, 0.3) is 0 Å². The molecule has 0 unspecified atom stereocenters. The van der Waals surface area contributed by atoms with E-state index in [1.165, 1.54) is 6.07 Å². The Morgan fingerprint density at radius 1 is 1.35 bits per heavy atom. The lowest BCUT2D eigenvalue weighted by Crippen LogP contribution is -2.29. The zero-order valence-electron chi connectivity index (χ0n) is 10.3. The summed E-state index contributed by atoms with van der Waals surface area (Å²) in [5.74, 6) is -0.822. The van der Waals surface area contributed by atoms with Gasteiger partial charge in [0.25, 0.3) is 5.91 Å². The van der Waals surface area contributed by atoms with Gasteiger partial charge in [0.2, 0.25) is 0 Å². The number of hydrogen-bond donors (Lipinski definition) is 2. The zero-order chi connectivity index (χ0) is 15.2. The van der Waals surface area contributed by atoms with Gasteiger partial charge in [0, 0.05) is 11.0 Å². The highest BCUT2D eigenvalue weighted by atomic mass is 79.9. The van der Waals surface area contributed by atoms with Crippen LogP contribution in [0.2, 0.25) is 0 Å². The van der Waals surface area contributed by atoms with Crippen LogP contribution in [0.15, 0.2) is 22.7 Å². The molecule has 0 radical (unpaired) electrons. The van der Waals surface area contributed by atoms with Crippen LogP contribution in [-0.2, 0) is 10.9 Å². The SMILES string of the molecule is O=C(NCCOCCO)c1ccc(Br)cc1C(F)(F)F. The van der Waals surface area contributed by atoms with E-state index in [2.05, 4.69) is 21.2 Å². The molecule has 0 aliphatic heterocycles. The lowest BCUT2D eigenvalue weighted by molar-refractivity contribution is -0.138. The second-order valence-corrected chi connectivity index (χ2v) is 4.70. The van der Waals surface area contributed by atoms with E-state index in [0.717, 1.165) is 12.1 Å². The molecule has 0 saturated heterocycles. The second kappa shape index (κ2) is 7.61. The first-order valence-electron chi connectivity index (χ1n) is 5.70. The molecule has 8 heteroatoms. The molecule has 0 heterocycles. The van der Waals surface area contributed by atoms with Crippen LogP contribution < -0.4 is 5.32 Å². The molecule has 20 heavy (non-hydrogen) atoms. The Morgan fingerprint density at radius 2 is 2.05 bits per heavy atom. The van der Waals surface area contributed by atoms with E-state index in [-0.39, 0.29) is 30.8 Å². The van der Waals surface area contributed by atoms with E-state index in [4.69, 9.17) is 9.84 Å². The predicted molar refractivity (Wildman–Crippen MR) is 69.4 cm³/mol. The van der Waals surface area contributed by atoms with E-state index in [1.807, 2.05) is 0 Å². The van der Waals surface area contributed by atoms with Gasteiger partial charge in [0.1, 0.15) is 0 Å². The minimum Gasteiger partial charge on any atom is -0.394 e. The first kappa shape index (κ1) is 16.9. The number of halogens is 4. The van der Waals surface area contributed by atoms with Gasteiger partial charge < -0.3 is 15.2 Å². The van der Waals surface area contributed by atoms with Crippen molar-refractivity contribution in [3.8, 4) is 0 Å². The van der Waals surface area contributed by atoms with Gasteiger partial charge in [-0.05, 0) is 18.2 Å². The van der Waals surface area contributed by atoms with Crippen molar-refractivity contribution >= 4 is 21.8 Å². The lowest BCUT2D eigenvalue weighted by atomic mass is 10.1. The maximum absolute atomic E-state index is 12.8. The van der Waals surface area contributed by atoms with Crippen molar-refractivity contribution in [2.75, 3.05) is 26.4 Å². The van der Waals surface area contributed by atoms with Crippen molar-refractivity contribution in [1.82, 2.24) is 5.32 Å². The Balaban J connectivity index is 2.73. The van der Waals surface area contributed by atoms with Gasteiger partial charge in [-0.25, -0.2) is 0 Å². The predicted octanol–water partition coefficient (Wildman–Crippen LogP) is 2.21. The van der Waals surface area contributed by atoms with E-state index < -0.39 is 23.2 Å². The highest BCUT2D eigenvalue weighted by Crippen LogP contribution is 2.33. The van der Waals surface area contributed by atoms with E-state index >= 15 is 0 Å². The molecule has 4 nitrogen and oxygen atoms in total. The molecule has 1 aromatic carbocycles. The van der Waals surface area contributed by atoms with Gasteiger partial charge in [-0.2, -0.15) is 13.2 Å². The number of aliphatic hydroxyl groups is 1. The van der Waals surface area contributed by atoms with Crippen LogP contribution in [0.5, 0.6) is 0 Å². The van der Waals surface area contributed by atoms with Crippen LogP contribution in [0.1, 0.15) is 15.9 Å². The number of carbonyl (C=O) groups excluding carboxylic acids is 1. The van der Waals surface area contributed by atoms with Crippen molar-refractivity contribution in [3.05, 3.63) is 33.8 Å². The maximum Gasteiger partial charge on any atom is 0.417 e. The summed E-state index contributed by atoms with van der Waals surface area (Å²) in [6.45, 7) is 0.136. The number of ether oxygens (including phenoxy) is 1. The quantitative estimate of drug-likeness (QED) is 0.769. The molecule has 0 saturated carbocycles. The molecular weight excluding hydrogens is 343 g/mol. The molecule has 0 aliphatic rings. The number of rotatable bonds is 6. The van der Waals surface area contributed by atoms with Gasteiger partial charge >= 0.3 is 6.18 Å². The molecule has 0 bridgehead atoms. The average Bonchev–Trinajstić information content (AvgIpc) is 2.37. The van der Waals surface area contributed by atoms with E-state index in [9.17, 15) is 18.0 Å². The van der Waals surface area contributed by atoms with Gasteiger partial charge in [-0.15, -0.1) is 0 Å². The molecule has 1 aromatic rings. The first-order chi connectivity index (χ1) is 9.36. The number of aliphatic hydroxyl groups excluding tert-OH is 1. The Labute approximate surface area is 122 Å².